The van der Waals surface area contributed by atoms with Crippen LogP contribution in [0.5, 0.6) is 5.75 Å². The predicted molar refractivity (Wildman–Crippen MR) is 118 cm³/mol. The van der Waals surface area contributed by atoms with Gasteiger partial charge in [-0.1, -0.05) is 30.3 Å². The number of para-hydroxylation sites is 2. The van der Waals surface area contributed by atoms with E-state index < -0.39 is 0 Å². The third-order valence-electron chi connectivity index (χ3n) is 4.85. The Morgan fingerprint density at radius 2 is 1.93 bits per heavy atom. The summed E-state index contributed by atoms with van der Waals surface area (Å²) < 4.78 is 7.43. The molecule has 0 unspecified atom stereocenters. The Kier molecular flexibility index (Phi) is 5.44. The highest BCUT2D eigenvalue weighted by Gasteiger charge is 2.09. The second-order valence-corrected chi connectivity index (χ2v) is 7.22. The third kappa shape index (κ3) is 4.22. The average Bonchev–Trinajstić information content (AvgIpc) is 3.21. The molecule has 0 spiro atoms. The molecule has 4 aromatic rings. The van der Waals surface area contributed by atoms with Gasteiger partial charge in [-0.2, -0.15) is 5.10 Å². The SMILES string of the molecule is COc1ccccc1Nc1cc2c(-c3cnn(CCN(C)C)c3)cccc2cn1. The first-order chi connectivity index (χ1) is 14.1. The van der Waals surface area contributed by atoms with Crippen LogP contribution >= 0.6 is 0 Å². The van der Waals surface area contributed by atoms with Gasteiger partial charge >= 0.3 is 0 Å². The number of likely N-dealkylation sites (N-methyl/N-ethyl adjacent to an activating group) is 1. The van der Waals surface area contributed by atoms with E-state index in [-0.39, 0.29) is 0 Å². The molecule has 0 aliphatic carbocycles. The number of anilines is 2. The van der Waals surface area contributed by atoms with E-state index in [2.05, 4.69) is 64.9 Å². The van der Waals surface area contributed by atoms with Gasteiger partial charge in [-0.15, -0.1) is 0 Å². The number of nitrogens with zero attached hydrogens (tertiary/aromatic N) is 4. The predicted octanol–water partition coefficient (Wildman–Crippen LogP) is 4.41. The number of pyridine rings is 1. The highest BCUT2D eigenvalue weighted by molar-refractivity contribution is 5.97. The van der Waals surface area contributed by atoms with Crippen molar-refractivity contribution in [3.63, 3.8) is 0 Å². The van der Waals surface area contributed by atoms with Gasteiger partial charge < -0.3 is 15.0 Å². The van der Waals surface area contributed by atoms with Crippen molar-refractivity contribution in [2.45, 2.75) is 6.54 Å². The molecule has 0 fully saturated rings. The summed E-state index contributed by atoms with van der Waals surface area (Å²) in [5.41, 5.74) is 3.13. The second kappa shape index (κ2) is 8.32. The number of methoxy groups -OCH3 is 1. The molecular weight excluding hydrogens is 362 g/mol. The van der Waals surface area contributed by atoms with Crippen LogP contribution in [0.2, 0.25) is 0 Å². The van der Waals surface area contributed by atoms with Crippen molar-refractivity contribution < 1.29 is 4.74 Å². The van der Waals surface area contributed by atoms with Gasteiger partial charge in [0, 0.05) is 29.9 Å². The molecule has 6 heteroatoms. The summed E-state index contributed by atoms with van der Waals surface area (Å²) in [4.78, 5) is 6.73. The minimum Gasteiger partial charge on any atom is -0.495 e. The Bertz CT molecular complexity index is 1120. The van der Waals surface area contributed by atoms with Crippen LogP contribution in [0.15, 0.2) is 67.1 Å². The first-order valence-corrected chi connectivity index (χ1v) is 9.60. The number of hydrogen-bond donors (Lipinski definition) is 1. The van der Waals surface area contributed by atoms with Gasteiger partial charge in [0.1, 0.15) is 11.6 Å². The van der Waals surface area contributed by atoms with Gasteiger partial charge in [0.15, 0.2) is 0 Å². The van der Waals surface area contributed by atoms with Crippen LogP contribution in [0.3, 0.4) is 0 Å². The van der Waals surface area contributed by atoms with E-state index in [9.17, 15) is 0 Å². The normalized spacial score (nSPS) is 11.2. The summed E-state index contributed by atoms with van der Waals surface area (Å²) in [5.74, 6) is 1.55. The Balaban J connectivity index is 1.68. The molecule has 148 valence electrons. The molecule has 0 aliphatic heterocycles. The lowest BCUT2D eigenvalue weighted by Gasteiger charge is -2.12. The topological polar surface area (TPSA) is 55.2 Å². The number of ether oxygens (including phenoxy) is 1. The summed E-state index contributed by atoms with van der Waals surface area (Å²) in [5, 5.41) is 10.1. The van der Waals surface area contributed by atoms with Crippen LogP contribution in [0.25, 0.3) is 21.9 Å². The van der Waals surface area contributed by atoms with E-state index in [0.29, 0.717) is 0 Å². The van der Waals surface area contributed by atoms with E-state index in [1.54, 1.807) is 7.11 Å². The molecule has 2 aromatic heterocycles. The molecule has 2 aromatic carbocycles. The zero-order valence-corrected chi connectivity index (χ0v) is 17.0. The average molecular weight is 387 g/mol. The Labute approximate surface area is 170 Å². The summed E-state index contributed by atoms with van der Waals surface area (Å²) in [6, 6.07) is 16.2. The number of benzene rings is 2. The zero-order valence-electron chi connectivity index (χ0n) is 17.0. The summed E-state index contributed by atoms with van der Waals surface area (Å²) in [7, 11) is 5.80. The molecule has 1 N–H and O–H groups in total. The molecule has 0 bridgehead atoms. The van der Waals surface area contributed by atoms with Crippen molar-refractivity contribution in [1.82, 2.24) is 19.7 Å². The van der Waals surface area contributed by atoms with Crippen molar-refractivity contribution in [1.29, 1.82) is 0 Å². The van der Waals surface area contributed by atoms with Crippen molar-refractivity contribution in [2.75, 3.05) is 33.1 Å². The number of hydrogen-bond acceptors (Lipinski definition) is 5. The van der Waals surface area contributed by atoms with E-state index >= 15 is 0 Å². The number of fused-ring (bicyclic) bond motifs is 1. The van der Waals surface area contributed by atoms with Crippen molar-refractivity contribution in [3.05, 3.63) is 67.1 Å². The summed E-state index contributed by atoms with van der Waals surface area (Å²) in [6.45, 7) is 1.81. The molecule has 0 saturated carbocycles. The van der Waals surface area contributed by atoms with Crippen molar-refractivity contribution >= 4 is 22.3 Å². The van der Waals surface area contributed by atoms with Gasteiger partial charge in [-0.3, -0.25) is 4.68 Å². The largest absolute Gasteiger partial charge is 0.495 e. The molecular formula is C23H25N5O. The third-order valence-corrected chi connectivity index (χ3v) is 4.85. The minimum atomic E-state index is 0.773. The summed E-state index contributed by atoms with van der Waals surface area (Å²) >= 11 is 0. The van der Waals surface area contributed by atoms with Crippen molar-refractivity contribution in [3.8, 4) is 16.9 Å². The molecule has 4 rings (SSSR count). The van der Waals surface area contributed by atoms with Crippen molar-refractivity contribution in [2.24, 2.45) is 0 Å². The zero-order chi connectivity index (χ0) is 20.2. The van der Waals surface area contributed by atoms with Gasteiger partial charge in [0.2, 0.25) is 0 Å². The van der Waals surface area contributed by atoms with Gasteiger partial charge in [-0.25, -0.2) is 4.98 Å². The first kappa shape index (κ1) is 19.0. The monoisotopic (exact) mass is 387 g/mol. The molecule has 0 amide bonds. The van der Waals surface area contributed by atoms with E-state index in [0.717, 1.165) is 52.2 Å². The molecule has 0 saturated heterocycles. The molecule has 29 heavy (non-hydrogen) atoms. The molecule has 2 heterocycles. The van der Waals surface area contributed by atoms with Gasteiger partial charge in [0.05, 0.1) is 25.5 Å². The lowest BCUT2D eigenvalue weighted by Crippen LogP contribution is -2.18. The molecule has 0 atom stereocenters. The first-order valence-electron chi connectivity index (χ1n) is 9.60. The number of nitrogens with one attached hydrogen (secondary N) is 1. The second-order valence-electron chi connectivity index (χ2n) is 7.22. The van der Waals surface area contributed by atoms with Crippen LogP contribution in [0, 0.1) is 0 Å². The number of rotatable bonds is 7. The maximum atomic E-state index is 5.44. The van der Waals surface area contributed by atoms with Gasteiger partial charge in [0.25, 0.3) is 0 Å². The van der Waals surface area contributed by atoms with Crippen LogP contribution < -0.4 is 10.1 Å². The van der Waals surface area contributed by atoms with Crippen LogP contribution in [0.4, 0.5) is 11.5 Å². The fourth-order valence-corrected chi connectivity index (χ4v) is 3.30. The van der Waals surface area contributed by atoms with Crippen LogP contribution in [-0.4, -0.2) is 47.4 Å². The molecule has 0 radical (unpaired) electrons. The van der Waals surface area contributed by atoms with E-state index in [4.69, 9.17) is 4.74 Å². The maximum absolute atomic E-state index is 5.44. The van der Waals surface area contributed by atoms with E-state index in [1.165, 1.54) is 0 Å². The Hall–Kier alpha value is -3.38. The quantitative estimate of drug-likeness (QED) is 0.509. The standard InChI is InChI=1S/C23H25N5O/c1-27(2)11-12-28-16-18(15-25-28)19-8-6-7-17-14-24-23(13-20(17)19)26-21-9-4-5-10-22(21)29-3/h4-10,13-16H,11-12H2,1-3H3,(H,24,26). The fourth-order valence-electron chi connectivity index (χ4n) is 3.30. The lowest BCUT2D eigenvalue weighted by atomic mass is 10.0. The highest BCUT2D eigenvalue weighted by Crippen LogP contribution is 2.32. The number of aromatic nitrogens is 3. The molecule has 6 nitrogen and oxygen atoms in total. The fraction of sp³-hybridized carbons (Fsp3) is 0.217. The Morgan fingerprint density at radius 1 is 1.07 bits per heavy atom. The van der Waals surface area contributed by atoms with Gasteiger partial charge in [-0.05, 0) is 43.2 Å². The lowest BCUT2D eigenvalue weighted by molar-refractivity contribution is 0.373. The highest BCUT2D eigenvalue weighted by atomic mass is 16.5. The maximum Gasteiger partial charge on any atom is 0.142 e. The van der Waals surface area contributed by atoms with E-state index in [1.807, 2.05) is 41.3 Å². The smallest absolute Gasteiger partial charge is 0.142 e. The molecule has 0 aliphatic rings. The minimum absolute atomic E-state index is 0.773. The van der Waals surface area contributed by atoms with Crippen LogP contribution in [-0.2, 0) is 6.54 Å². The summed E-state index contributed by atoms with van der Waals surface area (Å²) in [6.07, 6.45) is 5.93. The Morgan fingerprint density at radius 3 is 2.76 bits per heavy atom. The van der Waals surface area contributed by atoms with Crippen LogP contribution in [0.1, 0.15) is 0 Å².